The highest BCUT2D eigenvalue weighted by Crippen LogP contribution is 2.53. The van der Waals surface area contributed by atoms with Gasteiger partial charge in [-0.05, 0) is 85.6 Å². The van der Waals surface area contributed by atoms with Crippen molar-refractivity contribution < 1.29 is 0 Å². The Balaban J connectivity index is 1.20. The van der Waals surface area contributed by atoms with Crippen LogP contribution < -0.4 is 15.7 Å². The third-order valence-corrected chi connectivity index (χ3v) is 14.1. The average Bonchev–Trinajstić information content (AvgIpc) is 3.85. The first kappa shape index (κ1) is 30.0. The number of benzene rings is 8. The second-order valence-electron chi connectivity index (χ2n) is 16.0. The van der Waals surface area contributed by atoms with E-state index in [9.17, 15) is 0 Å². The van der Waals surface area contributed by atoms with Gasteiger partial charge in [0.15, 0.2) is 0 Å². The van der Waals surface area contributed by atoms with E-state index in [-0.39, 0.29) is 12.3 Å². The van der Waals surface area contributed by atoms with Gasteiger partial charge >= 0.3 is 6.85 Å². The molecule has 1 aliphatic carbocycles. The molecular weight excluding hydrogens is 683 g/mol. The fraction of sp³-hybridized carbons (Fsp3) is 0.0588. The maximum absolute atomic E-state index is 2.71. The van der Waals surface area contributed by atoms with E-state index in [4.69, 9.17) is 0 Å². The molecular formula is C51H33BN2S. The number of aromatic nitrogens is 1. The van der Waals surface area contributed by atoms with Crippen LogP contribution in [-0.4, -0.2) is 11.4 Å². The second kappa shape index (κ2) is 10.4. The van der Waals surface area contributed by atoms with Crippen LogP contribution in [0, 0.1) is 0 Å². The van der Waals surface area contributed by atoms with Gasteiger partial charge in [0.2, 0.25) is 0 Å². The van der Waals surface area contributed by atoms with Crippen molar-refractivity contribution in [2.45, 2.75) is 19.3 Å². The van der Waals surface area contributed by atoms with Crippen molar-refractivity contribution >= 4 is 82.5 Å². The third-order valence-electron chi connectivity index (χ3n) is 12.9. The molecule has 0 unspecified atom stereocenters. The summed E-state index contributed by atoms with van der Waals surface area (Å²) in [6, 6.07) is 61.9. The number of thiophene rings is 1. The second-order valence-corrected chi connectivity index (χ2v) is 17.1. The molecule has 0 amide bonds. The normalized spacial score (nSPS) is 14.4. The number of hydrogen-bond donors (Lipinski definition) is 0. The smallest absolute Gasteiger partial charge is 0.333 e. The van der Waals surface area contributed by atoms with Crippen LogP contribution in [0.3, 0.4) is 0 Å². The van der Waals surface area contributed by atoms with Gasteiger partial charge < -0.3 is 9.38 Å². The molecule has 0 saturated heterocycles. The fourth-order valence-corrected chi connectivity index (χ4v) is 11.8. The van der Waals surface area contributed by atoms with Crippen molar-refractivity contribution in [2.75, 3.05) is 4.81 Å². The quantitative estimate of drug-likeness (QED) is 0.162. The number of fused-ring (bicyclic) bond motifs is 14. The number of nitrogens with zero attached hydrogens (tertiary/aromatic N) is 2. The fourth-order valence-electron chi connectivity index (χ4n) is 10.5. The van der Waals surface area contributed by atoms with E-state index in [1.807, 2.05) is 11.3 Å². The zero-order valence-electron chi connectivity index (χ0n) is 30.5. The summed E-state index contributed by atoms with van der Waals surface area (Å²) in [4.78, 5) is 2.71. The van der Waals surface area contributed by atoms with Crippen LogP contribution in [0.2, 0.25) is 0 Å². The minimum atomic E-state index is -0.111. The summed E-state index contributed by atoms with van der Waals surface area (Å²) in [6.45, 7) is 4.75. The van der Waals surface area contributed by atoms with E-state index in [0.717, 1.165) is 0 Å². The molecule has 0 radical (unpaired) electrons. The predicted octanol–water partition coefficient (Wildman–Crippen LogP) is 12.4. The van der Waals surface area contributed by atoms with E-state index in [1.54, 1.807) is 0 Å². The Morgan fingerprint density at radius 3 is 2.18 bits per heavy atom. The molecule has 55 heavy (non-hydrogen) atoms. The van der Waals surface area contributed by atoms with Gasteiger partial charge in [0.1, 0.15) is 0 Å². The van der Waals surface area contributed by atoms with Crippen LogP contribution in [0.5, 0.6) is 0 Å². The first-order chi connectivity index (χ1) is 27.1. The molecule has 4 heteroatoms. The Kier molecular flexibility index (Phi) is 5.70. The summed E-state index contributed by atoms with van der Waals surface area (Å²) in [7, 11) is 0. The number of hydrogen-bond acceptors (Lipinski definition) is 2. The van der Waals surface area contributed by atoms with E-state index in [1.165, 1.54) is 114 Å². The average molecular weight is 717 g/mol. The number of para-hydroxylation sites is 1. The van der Waals surface area contributed by atoms with E-state index in [0.29, 0.717) is 0 Å². The highest BCUT2D eigenvalue weighted by Gasteiger charge is 2.46. The van der Waals surface area contributed by atoms with Crippen molar-refractivity contribution in [3.05, 3.63) is 175 Å². The molecule has 0 bridgehead atoms. The maximum Gasteiger partial charge on any atom is 0.333 e. The Labute approximate surface area is 323 Å². The van der Waals surface area contributed by atoms with Crippen LogP contribution in [0.25, 0.3) is 81.0 Å². The first-order valence-electron chi connectivity index (χ1n) is 19.3. The van der Waals surface area contributed by atoms with Gasteiger partial charge in [0, 0.05) is 48.9 Å². The van der Waals surface area contributed by atoms with E-state index in [2.05, 4.69) is 187 Å². The lowest BCUT2D eigenvalue weighted by Gasteiger charge is -2.43. The van der Waals surface area contributed by atoms with Crippen LogP contribution in [-0.2, 0) is 5.41 Å². The van der Waals surface area contributed by atoms with E-state index >= 15 is 0 Å². The molecule has 0 N–H and O–H groups in total. The minimum absolute atomic E-state index is 0.0375. The molecule has 2 aromatic heterocycles. The SMILES string of the molecule is CC1(C)c2ccccc2-c2ccc(N3B4c5c(cc(-c6ccccc6)cc5-n5c6c4cccc6c4sc6ccccc6c45)-c4ccc5ccccc5c43)cc21. The van der Waals surface area contributed by atoms with E-state index < -0.39 is 0 Å². The summed E-state index contributed by atoms with van der Waals surface area (Å²) in [6.07, 6.45) is 0. The van der Waals surface area contributed by atoms with Crippen LogP contribution in [0.1, 0.15) is 25.0 Å². The Bertz CT molecular complexity index is 3310. The minimum Gasteiger partial charge on any atom is -0.376 e. The standard InChI is InChI=1S/C51H33BN2S/c1-51(2)41-20-10-8-17-35(41)36-26-24-33(29-42(36)51)54-47-34-16-7-6-15-31(34)23-25-37(47)40-27-32(30-13-4-3-5-14-30)28-44-46(40)52(54)43-21-12-19-39-48(43)53(44)49-38-18-9-11-22-45(38)55-50(39)49/h3-29H,1-2H3. The van der Waals surface area contributed by atoms with Gasteiger partial charge in [0.05, 0.1) is 15.7 Å². The van der Waals surface area contributed by atoms with Crippen molar-refractivity contribution in [1.82, 2.24) is 4.57 Å². The van der Waals surface area contributed by atoms with Crippen molar-refractivity contribution in [1.29, 1.82) is 0 Å². The van der Waals surface area contributed by atoms with Gasteiger partial charge in [-0.1, -0.05) is 147 Å². The van der Waals surface area contributed by atoms with Crippen LogP contribution >= 0.6 is 11.3 Å². The summed E-state index contributed by atoms with van der Waals surface area (Å²) in [5, 5.41) is 5.19. The highest BCUT2D eigenvalue weighted by atomic mass is 32.1. The molecule has 2 nitrogen and oxygen atoms in total. The topological polar surface area (TPSA) is 8.17 Å². The number of anilines is 2. The highest BCUT2D eigenvalue weighted by molar-refractivity contribution is 7.26. The largest absolute Gasteiger partial charge is 0.376 e. The summed E-state index contributed by atoms with van der Waals surface area (Å²) < 4.78 is 5.33. The Hall–Kier alpha value is -6.36. The summed E-state index contributed by atoms with van der Waals surface area (Å²) >= 11 is 1.93. The van der Waals surface area contributed by atoms with Gasteiger partial charge in [-0.2, -0.15) is 0 Å². The first-order valence-corrected chi connectivity index (χ1v) is 20.1. The molecule has 0 saturated carbocycles. The Morgan fingerprint density at radius 2 is 1.27 bits per heavy atom. The summed E-state index contributed by atoms with van der Waals surface area (Å²) in [5.41, 5.74) is 19.6. The lowest BCUT2D eigenvalue weighted by Crippen LogP contribution is -2.60. The monoisotopic (exact) mass is 716 g/mol. The van der Waals surface area contributed by atoms with Crippen molar-refractivity contribution in [2.24, 2.45) is 0 Å². The Morgan fingerprint density at radius 1 is 0.527 bits per heavy atom. The molecule has 0 fully saturated rings. The molecule has 4 heterocycles. The lowest BCUT2D eigenvalue weighted by atomic mass is 9.43. The van der Waals surface area contributed by atoms with Gasteiger partial charge in [-0.25, -0.2) is 0 Å². The molecule has 3 aliphatic rings. The third kappa shape index (κ3) is 3.75. The van der Waals surface area contributed by atoms with Crippen LogP contribution in [0.4, 0.5) is 11.4 Å². The molecule has 2 aliphatic heterocycles. The van der Waals surface area contributed by atoms with Gasteiger partial charge in [-0.15, -0.1) is 11.3 Å². The molecule has 0 spiro atoms. The van der Waals surface area contributed by atoms with Crippen molar-refractivity contribution in [3.8, 4) is 39.1 Å². The summed E-state index contributed by atoms with van der Waals surface area (Å²) in [5.74, 6) is 0. The number of rotatable bonds is 2. The van der Waals surface area contributed by atoms with Gasteiger partial charge in [0.25, 0.3) is 0 Å². The van der Waals surface area contributed by atoms with Crippen LogP contribution in [0.15, 0.2) is 164 Å². The zero-order valence-corrected chi connectivity index (χ0v) is 31.3. The molecule has 256 valence electrons. The van der Waals surface area contributed by atoms with Gasteiger partial charge in [-0.3, -0.25) is 0 Å². The maximum atomic E-state index is 2.71. The van der Waals surface area contributed by atoms with Crippen molar-refractivity contribution in [3.63, 3.8) is 0 Å². The molecule has 13 rings (SSSR count). The predicted molar refractivity (Wildman–Crippen MR) is 236 cm³/mol. The molecule has 8 aromatic carbocycles. The lowest BCUT2D eigenvalue weighted by molar-refractivity contribution is 0.660. The molecule has 0 atom stereocenters. The molecule has 10 aromatic rings. The zero-order chi connectivity index (χ0) is 36.2.